The second-order valence-electron chi connectivity index (χ2n) is 3.07. The summed E-state index contributed by atoms with van der Waals surface area (Å²) < 4.78 is 0. The SMILES string of the molecule is N#Cc1ccc(NCc2csc(=O)[nH]2)cn1. The first-order valence-corrected chi connectivity index (χ1v) is 5.42. The standard InChI is InChI=1S/C10H8N4OS/c11-3-7-1-2-8(4-12-7)13-5-9-6-16-10(15)14-9/h1-2,4,6,13H,5H2,(H,14,15). The molecule has 0 bridgehead atoms. The Bertz CT molecular complexity index is 563. The van der Waals surface area contributed by atoms with Crippen molar-refractivity contribution < 1.29 is 0 Å². The van der Waals surface area contributed by atoms with Gasteiger partial charge in [-0.25, -0.2) is 4.98 Å². The van der Waals surface area contributed by atoms with Gasteiger partial charge in [0.2, 0.25) is 0 Å². The molecule has 0 aromatic carbocycles. The van der Waals surface area contributed by atoms with Crippen LogP contribution in [-0.4, -0.2) is 9.97 Å². The highest BCUT2D eigenvalue weighted by atomic mass is 32.1. The van der Waals surface area contributed by atoms with E-state index < -0.39 is 0 Å². The van der Waals surface area contributed by atoms with E-state index in [0.717, 1.165) is 22.7 Å². The molecule has 0 aliphatic carbocycles. The van der Waals surface area contributed by atoms with E-state index in [1.807, 2.05) is 6.07 Å². The molecule has 2 N–H and O–H groups in total. The second-order valence-corrected chi connectivity index (χ2v) is 3.91. The number of nitriles is 1. The molecule has 0 amide bonds. The van der Waals surface area contributed by atoms with E-state index in [1.54, 1.807) is 23.7 Å². The van der Waals surface area contributed by atoms with E-state index >= 15 is 0 Å². The normalized spacial score (nSPS) is 9.69. The van der Waals surface area contributed by atoms with E-state index in [4.69, 9.17) is 5.26 Å². The van der Waals surface area contributed by atoms with Crippen LogP contribution in [0.4, 0.5) is 5.69 Å². The molecule has 2 heterocycles. The van der Waals surface area contributed by atoms with Gasteiger partial charge in [0.1, 0.15) is 11.8 Å². The zero-order chi connectivity index (χ0) is 11.4. The number of pyridine rings is 1. The van der Waals surface area contributed by atoms with Gasteiger partial charge in [-0.15, -0.1) is 0 Å². The number of aromatic amines is 1. The van der Waals surface area contributed by atoms with Gasteiger partial charge in [0.15, 0.2) is 0 Å². The molecule has 2 aromatic heterocycles. The van der Waals surface area contributed by atoms with Gasteiger partial charge in [0.05, 0.1) is 18.4 Å². The molecule has 0 radical (unpaired) electrons. The predicted molar refractivity (Wildman–Crippen MR) is 61.2 cm³/mol. The Morgan fingerprint density at radius 1 is 1.56 bits per heavy atom. The summed E-state index contributed by atoms with van der Waals surface area (Å²) in [4.78, 5) is 17.4. The molecule has 0 aliphatic rings. The highest BCUT2D eigenvalue weighted by Gasteiger charge is 1.97. The fourth-order valence-electron chi connectivity index (χ4n) is 1.16. The lowest BCUT2D eigenvalue weighted by Crippen LogP contribution is -2.03. The fraction of sp³-hybridized carbons (Fsp3) is 0.100. The smallest absolute Gasteiger partial charge is 0.304 e. The minimum Gasteiger partial charge on any atom is -0.378 e. The van der Waals surface area contributed by atoms with Crippen LogP contribution in [0.5, 0.6) is 0 Å². The van der Waals surface area contributed by atoms with Gasteiger partial charge in [-0.05, 0) is 12.1 Å². The Morgan fingerprint density at radius 3 is 3.00 bits per heavy atom. The van der Waals surface area contributed by atoms with Gasteiger partial charge in [0, 0.05) is 11.1 Å². The summed E-state index contributed by atoms with van der Waals surface area (Å²) >= 11 is 1.14. The number of hydrogen-bond acceptors (Lipinski definition) is 5. The van der Waals surface area contributed by atoms with E-state index in [-0.39, 0.29) is 4.87 Å². The van der Waals surface area contributed by atoms with Gasteiger partial charge >= 0.3 is 4.87 Å². The Kier molecular flexibility index (Phi) is 2.98. The van der Waals surface area contributed by atoms with Gasteiger partial charge < -0.3 is 10.3 Å². The van der Waals surface area contributed by atoms with Crippen molar-refractivity contribution in [1.29, 1.82) is 5.26 Å². The summed E-state index contributed by atoms with van der Waals surface area (Å²) in [5.74, 6) is 0. The van der Waals surface area contributed by atoms with Crippen LogP contribution in [0.2, 0.25) is 0 Å². The fourth-order valence-corrected chi connectivity index (χ4v) is 1.74. The summed E-state index contributed by atoms with van der Waals surface area (Å²) in [5.41, 5.74) is 2.03. The van der Waals surface area contributed by atoms with Gasteiger partial charge in [-0.3, -0.25) is 4.79 Å². The zero-order valence-corrected chi connectivity index (χ0v) is 9.04. The summed E-state index contributed by atoms with van der Waals surface area (Å²) in [6.45, 7) is 0.534. The molecule has 2 rings (SSSR count). The maximum atomic E-state index is 10.9. The maximum Gasteiger partial charge on any atom is 0.304 e. The van der Waals surface area contributed by atoms with Gasteiger partial charge in [0.25, 0.3) is 0 Å². The largest absolute Gasteiger partial charge is 0.378 e. The number of aromatic nitrogens is 2. The lowest BCUT2D eigenvalue weighted by molar-refractivity contribution is 1.05. The van der Waals surface area contributed by atoms with Crippen molar-refractivity contribution in [2.24, 2.45) is 0 Å². The van der Waals surface area contributed by atoms with Crippen LogP contribution in [-0.2, 0) is 6.54 Å². The minimum absolute atomic E-state index is 0.0604. The Labute approximate surface area is 95.4 Å². The number of nitrogens with one attached hydrogen (secondary N) is 2. The third kappa shape index (κ3) is 2.46. The maximum absolute atomic E-state index is 10.9. The molecule has 0 aliphatic heterocycles. The van der Waals surface area contributed by atoms with E-state index in [1.165, 1.54) is 0 Å². The number of nitrogens with zero attached hydrogens (tertiary/aromatic N) is 2. The van der Waals surface area contributed by atoms with Crippen LogP contribution in [0.25, 0.3) is 0 Å². The third-order valence-electron chi connectivity index (χ3n) is 1.93. The molecule has 0 fully saturated rings. The summed E-state index contributed by atoms with van der Waals surface area (Å²) in [5, 5.41) is 13.4. The monoisotopic (exact) mass is 232 g/mol. The highest BCUT2D eigenvalue weighted by Crippen LogP contribution is 2.07. The molecule has 16 heavy (non-hydrogen) atoms. The van der Waals surface area contributed by atoms with Crippen LogP contribution in [0, 0.1) is 11.3 Å². The van der Waals surface area contributed by atoms with Gasteiger partial charge in [-0.1, -0.05) is 11.3 Å². The molecule has 0 saturated heterocycles. The van der Waals surface area contributed by atoms with Crippen LogP contribution in [0.1, 0.15) is 11.4 Å². The van der Waals surface area contributed by atoms with Crippen molar-refractivity contribution >= 4 is 17.0 Å². The molecule has 2 aromatic rings. The Morgan fingerprint density at radius 2 is 2.44 bits per heavy atom. The lowest BCUT2D eigenvalue weighted by Gasteiger charge is -2.03. The summed E-state index contributed by atoms with van der Waals surface area (Å²) in [6.07, 6.45) is 1.59. The van der Waals surface area contributed by atoms with E-state index in [9.17, 15) is 4.79 Å². The first-order chi connectivity index (χ1) is 7.78. The van der Waals surface area contributed by atoms with Crippen LogP contribution in [0.15, 0.2) is 28.5 Å². The predicted octanol–water partition coefficient (Wildman–Crippen LogP) is 1.32. The van der Waals surface area contributed by atoms with Crippen molar-refractivity contribution in [2.45, 2.75) is 6.54 Å². The average Bonchev–Trinajstić information content (AvgIpc) is 2.73. The lowest BCUT2D eigenvalue weighted by atomic mass is 10.3. The number of anilines is 1. The number of hydrogen-bond donors (Lipinski definition) is 2. The Balaban J connectivity index is 2.00. The average molecular weight is 232 g/mol. The van der Waals surface area contributed by atoms with Crippen molar-refractivity contribution in [2.75, 3.05) is 5.32 Å². The first-order valence-electron chi connectivity index (χ1n) is 4.54. The van der Waals surface area contributed by atoms with E-state index in [2.05, 4.69) is 15.3 Å². The van der Waals surface area contributed by atoms with Crippen molar-refractivity contribution in [3.8, 4) is 6.07 Å². The minimum atomic E-state index is -0.0604. The highest BCUT2D eigenvalue weighted by molar-refractivity contribution is 7.07. The molecule has 5 nitrogen and oxygen atoms in total. The molecule has 80 valence electrons. The molecule has 6 heteroatoms. The molecule has 0 spiro atoms. The molecule has 0 saturated carbocycles. The second kappa shape index (κ2) is 4.59. The third-order valence-corrected chi connectivity index (χ3v) is 2.65. The molecule has 0 unspecified atom stereocenters. The summed E-state index contributed by atoms with van der Waals surface area (Å²) in [6, 6.07) is 5.36. The van der Waals surface area contributed by atoms with Crippen molar-refractivity contribution in [1.82, 2.24) is 9.97 Å². The van der Waals surface area contributed by atoms with Crippen molar-refractivity contribution in [3.63, 3.8) is 0 Å². The summed E-state index contributed by atoms with van der Waals surface area (Å²) in [7, 11) is 0. The van der Waals surface area contributed by atoms with Crippen LogP contribution >= 0.6 is 11.3 Å². The Hall–Kier alpha value is -2.13. The quantitative estimate of drug-likeness (QED) is 0.836. The van der Waals surface area contributed by atoms with Crippen LogP contribution < -0.4 is 10.2 Å². The number of H-pyrrole nitrogens is 1. The first kappa shape index (κ1) is 10.4. The van der Waals surface area contributed by atoms with Gasteiger partial charge in [-0.2, -0.15) is 5.26 Å². The van der Waals surface area contributed by atoms with Crippen LogP contribution in [0.3, 0.4) is 0 Å². The zero-order valence-electron chi connectivity index (χ0n) is 8.23. The number of thiazole rings is 1. The molecular weight excluding hydrogens is 224 g/mol. The molecular formula is C10H8N4OS. The topological polar surface area (TPSA) is 81.6 Å². The number of rotatable bonds is 3. The molecule has 0 atom stereocenters. The van der Waals surface area contributed by atoms with E-state index in [0.29, 0.717) is 12.2 Å². The van der Waals surface area contributed by atoms with Crippen molar-refractivity contribution in [3.05, 3.63) is 44.8 Å².